The monoisotopic (exact) mass is 677 g/mol. The van der Waals surface area contributed by atoms with Gasteiger partial charge in [-0.3, -0.25) is 23.4 Å². The maximum Gasteiger partial charge on any atom is 0.472 e. The number of ether oxygens (including phenoxy) is 2. The molecule has 0 aliphatic rings. The predicted molar refractivity (Wildman–Crippen MR) is 180 cm³/mol. The van der Waals surface area contributed by atoms with Crippen molar-refractivity contribution in [3.05, 3.63) is 12.2 Å². The SMILES string of the molecule is CCCCCCCCCC/C=C/CCCCCC(=O)OC[C@@H](COP(=O)(O)OC[C@@H](N)C(=O)O)OC(=O)CCCCCCCCC. The molecule has 3 atom stereocenters. The zero-order valence-electron chi connectivity index (χ0n) is 28.7. The third-order valence-corrected chi connectivity index (χ3v) is 8.46. The van der Waals surface area contributed by atoms with Crippen LogP contribution in [0.5, 0.6) is 0 Å². The Balaban J connectivity index is 4.40. The van der Waals surface area contributed by atoms with E-state index in [-0.39, 0.29) is 19.4 Å². The fraction of sp³-hybridized carbons (Fsp3) is 0.853. The van der Waals surface area contributed by atoms with Gasteiger partial charge in [0.1, 0.15) is 12.6 Å². The lowest BCUT2D eigenvalue weighted by Crippen LogP contribution is -2.34. The lowest BCUT2D eigenvalue weighted by molar-refractivity contribution is -0.161. The summed E-state index contributed by atoms with van der Waals surface area (Å²) in [7, 11) is -4.70. The number of phosphoric ester groups is 1. The number of nitrogens with two attached hydrogens (primary N) is 1. The van der Waals surface area contributed by atoms with Crippen molar-refractivity contribution in [2.75, 3.05) is 19.8 Å². The molecule has 0 aromatic heterocycles. The van der Waals surface area contributed by atoms with Crippen LogP contribution < -0.4 is 5.73 Å². The topological polar surface area (TPSA) is 172 Å². The standard InChI is InChI=1S/C34H64NO10P/c1-3-5-7-9-11-12-13-14-15-16-17-18-20-21-23-25-32(36)42-27-30(28-43-46(40,41)44-29-31(35)34(38)39)45-33(37)26-24-22-19-10-8-6-4-2/h16-17,30-31H,3-15,18-29,35H2,1-2H3,(H,38,39)(H,40,41)/b17-16+/t30-,31+/m0/s1. The van der Waals surface area contributed by atoms with Crippen molar-refractivity contribution < 1.29 is 47.5 Å². The van der Waals surface area contributed by atoms with Gasteiger partial charge in [-0.15, -0.1) is 0 Å². The molecule has 0 aliphatic heterocycles. The Labute approximate surface area is 278 Å². The zero-order chi connectivity index (χ0) is 34.3. The number of carboxylic acids is 1. The van der Waals surface area contributed by atoms with Crippen LogP contribution in [0.25, 0.3) is 0 Å². The molecule has 4 N–H and O–H groups in total. The third-order valence-electron chi connectivity index (χ3n) is 7.51. The highest BCUT2D eigenvalue weighted by atomic mass is 31.2. The van der Waals surface area contributed by atoms with Gasteiger partial charge in [-0.05, 0) is 38.5 Å². The van der Waals surface area contributed by atoms with Gasteiger partial charge < -0.3 is 25.2 Å². The fourth-order valence-electron chi connectivity index (χ4n) is 4.65. The van der Waals surface area contributed by atoms with Crippen molar-refractivity contribution >= 4 is 25.7 Å². The summed E-state index contributed by atoms with van der Waals surface area (Å²) in [6.45, 7) is 2.70. The van der Waals surface area contributed by atoms with Gasteiger partial charge in [-0.1, -0.05) is 116 Å². The molecule has 0 aromatic carbocycles. The second-order valence-corrected chi connectivity index (χ2v) is 13.5. The molecule has 11 nitrogen and oxygen atoms in total. The first-order valence-corrected chi connectivity index (χ1v) is 19.2. The van der Waals surface area contributed by atoms with E-state index in [2.05, 4.69) is 30.5 Å². The van der Waals surface area contributed by atoms with Crippen LogP contribution in [-0.2, 0) is 37.5 Å². The van der Waals surface area contributed by atoms with Crippen LogP contribution in [0.2, 0.25) is 0 Å². The summed E-state index contributed by atoms with van der Waals surface area (Å²) in [5.74, 6) is -2.40. The molecule has 0 bridgehead atoms. The molecule has 1 unspecified atom stereocenters. The summed E-state index contributed by atoms with van der Waals surface area (Å²) in [6, 6.07) is -1.52. The van der Waals surface area contributed by atoms with Gasteiger partial charge in [0.05, 0.1) is 13.2 Å². The quantitative estimate of drug-likeness (QED) is 0.0265. The Hall–Kier alpha value is -1.78. The van der Waals surface area contributed by atoms with E-state index in [1.165, 1.54) is 64.2 Å². The van der Waals surface area contributed by atoms with Crippen molar-refractivity contribution in [3.63, 3.8) is 0 Å². The van der Waals surface area contributed by atoms with E-state index >= 15 is 0 Å². The normalized spacial score (nSPS) is 14.2. The molecule has 0 heterocycles. The lowest BCUT2D eigenvalue weighted by Gasteiger charge is -2.20. The number of allylic oxidation sites excluding steroid dienone is 2. The summed E-state index contributed by atoms with van der Waals surface area (Å²) in [5, 5.41) is 8.82. The number of hydrogen-bond donors (Lipinski definition) is 3. The van der Waals surface area contributed by atoms with Crippen LogP contribution in [0, 0.1) is 0 Å². The highest BCUT2D eigenvalue weighted by Gasteiger charge is 2.28. The van der Waals surface area contributed by atoms with E-state index in [4.69, 9.17) is 24.8 Å². The molecular weight excluding hydrogens is 613 g/mol. The van der Waals surface area contributed by atoms with Gasteiger partial charge in [0.2, 0.25) is 0 Å². The summed E-state index contributed by atoms with van der Waals surface area (Å²) in [5.41, 5.74) is 5.29. The van der Waals surface area contributed by atoms with Gasteiger partial charge in [-0.25, -0.2) is 4.57 Å². The van der Waals surface area contributed by atoms with Gasteiger partial charge in [0.25, 0.3) is 0 Å². The van der Waals surface area contributed by atoms with Crippen LogP contribution in [0.15, 0.2) is 12.2 Å². The first kappa shape index (κ1) is 44.2. The minimum absolute atomic E-state index is 0.159. The summed E-state index contributed by atoms with van der Waals surface area (Å²) in [4.78, 5) is 45.4. The number of rotatable bonds is 33. The Morgan fingerprint density at radius 1 is 0.652 bits per heavy atom. The summed E-state index contributed by atoms with van der Waals surface area (Å²) in [6.07, 6.45) is 26.0. The van der Waals surface area contributed by atoms with Gasteiger partial charge in [0.15, 0.2) is 6.10 Å². The van der Waals surface area contributed by atoms with Gasteiger partial charge in [-0.2, -0.15) is 0 Å². The highest BCUT2D eigenvalue weighted by molar-refractivity contribution is 7.47. The molecule has 270 valence electrons. The average Bonchev–Trinajstić information content (AvgIpc) is 3.02. The van der Waals surface area contributed by atoms with Crippen LogP contribution in [0.1, 0.15) is 155 Å². The largest absolute Gasteiger partial charge is 0.480 e. The van der Waals surface area contributed by atoms with Crippen molar-refractivity contribution in [1.29, 1.82) is 0 Å². The molecule has 0 spiro atoms. The Morgan fingerprint density at radius 3 is 1.61 bits per heavy atom. The van der Waals surface area contributed by atoms with E-state index in [1.807, 2.05) is 0 Å². The lowest BCUT2D eigenvalue weighted by atomic mass is 10.1. The number of carbonyl (C=O) groups excluding carboxylic acids is 2. The van der Waals surface area contributed by atoms with Crippen LogP contribution in [0.4, 0.5) is 0 Å². The van der Waals surface area contributed by atoms with E-state index in [9.17, 15) is 23.8 Å². The molecular formula is C34H64NO10P. The summed E-state index contributed by atoms with van der Waals surface area (Å²) < 4.78 is 32.3. The number of carboxylic acid groups (broad SMARTS) is 1. The van der Waals surface area contributed by atoms with Crippen LogP contribution in [-0.4, -0.2) is 59.9 Å². The van der Waals surface area contributed by atoms with Crippen molar-refractivity contribution in [2.45, 2.75) is 167 Å². The molecule has 0 rings (SSSR count). The number of carbonyl (C=O) groups is 3. The van der Waals surface area contributed by atoms with Crippen LogP contribution in [0.3, 0.4) is 0 Å². The van der Waals surface area contributed by atoms with Crippen LogP contribution >= 0.6 is 7.82 Å². The molecule has 0 saturated heterocycles. The first-order valence-electron chi connectivity index (χ1n) is 17.7. The number of unbranched alkanes of at least 4 members (excludes halogenated alkanes) is 17. The minimum Gasteiger partial charge on any atom is -0.480 e. The van der Waals surface area contributed by atoms with Crippen molar-refractivity contribution in [3.8, 4) is 0 Å². The van der Waals surface area contributed by atoms with E-state index in [1.54, 1.807) is 0 Å². The predicted octanol–water partition coefficient (Wildman–Crippen LogP) is 8.17. The summed E-state index contributed by atoms with van der Waals surface area (Å²) >= 11 is 0. The van der Waals surface area contributed by atoms with Crippen molar-refractivity contribution in [1.82, 2.24) is 0 Å². The Bertz CT molecular complexity index is 854. The average molecular weight is 678 g/mol. The molecule has 12 heteroatoms. The zero-order valence-corrected chi connectivity index (χ0v) is 29.6. The number of aliphatic carboxylic acids is 1. The molecule has 0 amide bonds. The molecule has 0 saturated carbocycles. The molecule has 46 heavy (non-hydrogen) atoms. The van der Waals surface area contributed by atoms with Gasteiger partial charge in [0, 0.05) is 12.8 Å². The second-order valence-electron chi connectivity index (χ2n) is 12.0. The van der Waals surface area contributed by atoms with E-state index in [0.717, 1.165) is 51.4 Å². The smallest absolute Gasteiger partial charge is 0.472 e. The Kier molecular flexibility index (Phi) is 29.4. The van der Waals surface area contributed by atoms with E-state index < -0.39 is 51.1 Å². The minimum atomic E-state index is -4.70. The fourth-order valence-corrected chi connectivity index (χ4v) is 5.42. The molecule has 0 radical (unpaired) electrons. The number of phosphoric acid groups is 1. The molecule has 0 aliphatic carbocycles. The number of hydrogen-bond acceptors (Lipinski definition) is 9. The molecule has 0 fully saturated rings. The maximum atomic E-state index is 12.4. The maximum absolute atomic E-state index is 12.4. The number of esters is 2. The second kappa shape index (κ2) is 30.5. The Morgan fingerprint density at radius 2 is 1.09 bits per heavy atom. The highest BCUT2D eigenvalue weighted by Crippen LogP contribution is 2.43. The van der Waals surface area contributed by atoms with Gasteiger partial charge >= 0.3 is 25.7 Å². The molecule has 0 aromatic rings. The first-order chi connectivity index (χ1) is 22.1. The van der Waals surface area contributed by atoms with Crippen molar-refractivity contribution in [2.24, 2.45) is 5.73 Å². The van der Waals surface area contributed by atoms with E-state index in [0.29, 0.717) is 12.8 Å². The third kappa shape index (κ3) is 29.6.